The summed E-state index contributed by atoms with van der Waals surface area (Å²) >= 11 is 0. The van der Waals surface area contributed by atoms with Gasteiger partial charge < -0.3 is 50.3 Å². The van der Waals surface area contributed by atoms with Gasteiger partial charge in [0.15, 0.2) is 0 Å². The summed E-state index contributed by atoms with van der Waals surface area (Å²) in [5.41, 5.74) is 2.87. The van der Waals surface area contributed by atoms with Crippen LogP contribution in [0.15, 0.2) is 48.5 Å². The van der Waals surface area contributed by atoms with E-state index in [0.717, 1.165) is 65.4 Å². The maximum absolute atomic E-state index is 3.64. The van der Waals surface area contributed by atoms with Crippen LogP contribution in [0, 0.1) is 0 Å². The zero-order chi connectivity index (χ0) is 17.9. The van der Waals surface area contributed by atoms with Crippen LogP contribution in [0.25, 0.3) is 0 Å². The molecule has 4 nitrogen and oxygen atoms in total. The molecule has 0 bridgehead atoms. The predicted octanol–water partition coefficient (Wildman–Crippen LogP) is 2.40. The van der Waals surface area contributed by atoms with Gasteiger partial charge in [0, 0.05) is 43.2 Å². The Hall–Kier alpha value is -0.941. The van der Waals surface area contributed by atoms with Crippen LogP contribution in [0.3, 0.4) is 0 Å². The van der Waals surface area contributed by atoms with E-state index in [2.05, 4.69) is 69.0 Å². The SMILES string of the molecule is [Fe].c1cc[c-](CN2CCCNCCN(C[c-]3[cH-][cH-][cH-][cH-]3)CCCNCC2)c1. The standard InChI is InChI=1S/C22H34N4.Fe/c1-2-8-21(7-1)19-25-15-5-11-24-14-18-26(16-6-12-23-13-17-25)20-22-9-3-4-10-22;/h1-4,7-10,23-24H,5-6,11-20H2;/q-6;. The molecule has 156 valence electrons. The molecule has 1 fully saturated rings. The summed E-state index contributed by atoms with van der Waals surface area (Å²) in [6.07, 6.45) is 2.42. The van der Waals surface area contributed by atoms with Gasteiger partial charge in [0.05, 0.1) is 0 Å². The molecule has 0 aromatic heterocycles. The summed E-state index contributed by atoms with van der Waals surface area (Å²) in [6, 6.07) is 17.5. The molecule has 0 aliphatic carbocycles. The van der Waals surface area contributed by atoms with Gasteiger partial charge in [-0.2, -0.15) is 18.7 Å². The molecule has 0 atom stereocenters. The summed E-state index contributed by atoms with van der Waals surface area (Å²) in [7, 11) is 0. The van der Waals surface area contributed by atoms with Crippen LogP contribution in [0.1, 0.15) is 24.0 Å². The first-order chi connectivity index (χ1) is 12.9. The average molecular weight is 410 g/mol. The third-order valence-electron chi connectivity index (χ3n) is 5.14. The quantitative estimate of drug-likeness (QED) is 0.599. The van der Waals surface area contributed by atoms with E-state index < -0.39 is 0 Å². The smallest absolute Gasteiger partial charge is 0.00992 e. The zero-order valence-electron chi connectivity index (χ0n) is 16.4. The summed E-state index contributed by atoms with van der Waals surface area (Å²) in [5, 5.41) is 7.29. The van der Waals surface area contributed by atoms with Crippen molar-refractivity contribution in [2.45, 2.75) is 25.9 Å². The van der Waals surface area contributed by atoms with E-state index in [9.17, 15) is 0 Å². The fourth-order valence-corrected chi connectivity index (χ4v) is 3.67. The largest absolute Gasteiger partial charge is 0.748 e. The van der Waals surface area contributed by atoms with Crippen molar-refractivity contribution >= 4 is 0 Å². The minimum atomic E-state index is 0. The first-order valence-electron chi connectivity index (χ1n) is 10.2. The molecule has 2 aromatic carbocycles. The van der Waals surface area contributed by atoms with Gasteiger partial charge in [-0.25, -0.2) is 12.1 Å². The van der Waals surface area contributed by atoms with Crippen molar-refractivity contribution in [3.63, 3.8) is 0 Å². The molecule has 0 saturated carbocycles. The van der Waals surface area contributed by atoms with Crippen LogP contribution in [0.2, 0.25) is 0 Å². The van der Waals surface area contributed by atoms with Crippen LogP contribution in [-0.2, 0) is 30.2 Å². The Morgan fingerprint density at radius 2 is 1.30 bits per heavy atom. The van der Waals surface area contributed by atoms with E-state index in [1.165, 1.54) is 24.0 Å². The first-order valence-corrected chi connectivity index (χ1v) is 10.2. The monoisotopic (exact) mass is 410 g/mol. The van der Waals surface area contributed by atoms with Gasteiger partial charge in [0.25, 0.3) is 0 Å². The van der Waals surface area contributed by atoms with E-state index in [1.807, 2.05) is 0 Å². The number of hydrogen-bond donors (Lipinski definition) is 2. The molecule has 0 radical (unpaired) electrons. The van der Waals surface area contributed by atoms with Crippen molar-refractivity contribution < 1.29 is 17.1 Å². The van der Waals surface area contributed by atoms with E-state index >= 15 is 0 Å². The fourth-order valence-electron chi connectivity index (χ4n) is 3.67. The number of hydrogen-bond acceptors (Lipinski definition) is 4. The summed E-state index contributed by atoms with van der Waals surface area (Å²) < 4.78 is 0. The van der Waals surface area contributed by atoms with Gasteiger partial charge in [-0.1, -0.05) is 0 Å². The molecule has 27 heavy (non-hydrogen) atoms. The Morgan fingerprint density at radius 3 is 1.89 bits per heavy atom. The molecule has 5 heteroatoms. The molecular weight excluding hydrogens is 376 g/mol. The van der Waals surface area contributed by atoms with Crippen molar-refractivity contribution in [3.8, 4) is 0 Å². The third kappa shape index (κ3) is 8.73. The van der Waals surface area contributed by atoms with Gasteiger partial charge in [-0.05, 0) is 45.6 Å². The van der Waals surface area contributed by atoms with Crippen LogP contribution < -0.4 is 10.6 Å². The van der Waals surface area contributed by atoms with Crippen LogP contribution in [-0.4, -0.2) is 62.2 Å². The molecular formula is C22H34FeN4-6. The molecule has 1 aliphatic rings. The zero-order valence-corrected chi connectivity index (χ0v) is 17.5. The number of nitrogens with zero attached hydrogens (tertiary/aromatic N) is 2. The van der Waals surface area contributed by atoms with Crippen molar-refractivity contribution in [2.24, 2.45) is 0 Å². The molecule has 3 rings (SSSR count). The topological polar surface area (TPSA) is 30.5 Å². The maximum atomic E-state index is 3.64. The minimum absolute atomic E-state index is 0. The molecule has 2 aromatic rings. The van der Waals surface area contributed by atoms with Crippen LogP contribution in [0.4, 0.5) is 0 Å². The van der Waals surface area contributed by atoms with Gasteiger partial charge in [0.1, 0.15) is 0 Å². The van der Waals surface area contributed by atoms with E-state index in [4.69, 9.17) is 0 Å². The van der Waals surface area contributed by atoms with Crippen molar-refractivity contribution in [1.29, 1.82) is 0 Å². The Balaban J connectivity index is 0.00000261. The van der Waals surface area contributed by atoms with Crippen LogP contribution >= 0.6 is 0 Å². The van der Waals surface area contributed by atoms with Crippen molar-refractivity contribution in [3.05, 3.63) is 59.7 Å². The predicted molar refractivity (Wildman–Crippen MR) is 110 cm³/mol. The normalized spacial score (nSPS) is 19.3. The summed E-state index contributed by atoms with van der Waals surface area (Å²) in [5.74, 6) is 0. The van der Waals surface area contributed by atoms with Gasteiger partial charge in [0.2, 0.25) is 0 Å². The molecule has 1 saturated heterocycles. The number of rotatable bonds is 4. The maximum Gasteiger partial charge on any atom is 0.00992 e. The van der Waals surface area contributed by atoms with Gasteiger partial charge in [-0.3, -0.25) is 0 Å². The summed E-state index contributed by atoms with van der Waals surface area (Å²) in [4.78, 5) is 5.16. The number of nitrogens with one attached hydrogen (secondary N) is 2. The second-order valence-electron chi connectivity index (χ2n) is 7.35. The Labute approximate surface area is 175 Å². The fraction of sp³-hybridized carbons (Fsp3) is 0.545. The summed E-state index contributed by atoms with van der Waals surface area (Å²) in [6.45, 7) is 11.1. The molecule has 1 heterocycles. The van der Waals surface area contributed by atoms with Crippen LogP contribution in [0.5, 0.6) is 0 Å². The van der Waals surface area contributed by atoms with E-state index in [-0.39, 0.29) is 17.1 Å². The first kappa shape index (κ1) is 22.3. The van der Waals surface area contributed by atoms with Crippen molar-refractivity contribution in [2.75, 3.05) is 52.4 Å². The Kier molecular flexibility index (Phi) is 11.0. The average Bonchev–Trinajstić information content (AvgIpc) is 3.33. The molecule has 2 N–H and O–H groups in total. The Bertz CT molecular complexity index is 499. The second kappa shape index (κ2) is 13.3. The minimum Gasteiger partial charge on any atom is -0.748 e. The van der Waals surface area contributed by atoms with E-state index in [1.54, 1.807) is 0 Å². The molecule has 1 aliphatic heterocycles. The molecule has 0 unspecified atom stereocenters. The molecule has 0 amide bonds. The second-order valence-corrected chi connectivity index (χ2v) is 7.35. The molecule has 0 spiro atoms. The van der Waals surface area contributed by atoms with Crippen molar-refractivity contribution in [1.82, 2.24) is 20.4 Å². The van der Waals surface area contributed by atoms with Gasteiger partial charge in [-0.15, -0.1) is 5.56 Å². The van der Waals surface area contributed by atoms with Gasteiger partial charge >= 0.3 is 0 Å². The third-order valence-corrected chi connectivity index (χ3v) is 5.14. The Morgan fingerprint density at radius 1 is 0.741 bits per heavy atom. The van der Waals surface area contributed by atoms with E-state index in [0.29, 0.717) is 0 Å².